The summed E-state index contributed by atoms with van der Waals surface area (Å²) in [5.74, 6) is 1.21. The smallest absolute Gasteiger partial charge is 0.300 e. The van der Waals surface area contributed by atoms with E-state index in [0.717, 1.165) is 26.7 Å². The first kappa shape index (κ1) is 23.8. The largest absolute Gasteiger partial charge is 0.330 e. The van der Waals surface area contributed by atoms with Crippen molar-refractivity contribution < 1.29 is 0 Å². The molecule has 0 aliphatic carbocycles. The van der Waals surface area contributed by atoms with Crippen LogP contribution in [0.5, 0.6) is 0 Å². The summed E-state index contributed by atoms with van der Waals surface area (Å²) in [7, 11) is 3.16. The molecule has 0 aliphatic heterocycles. The fourth-order valence-corrected chi connectivity index (χ4v) is 4.65. The molecule has 0 bridgehead atoms. The second-order valence-corrected chi connectivity index (χ2v) is 10.3. The quantitative estimate of drug-likeness (QED) is 0.394. The molecule has 0 spiro atoms. The van der Waals surface area contributed by atoms with Gasteiger partial charge >= 0.3 is 5.69 Å². The van der Waals surface area contributed by atoms with Crippen LogP contribution in [0.15, 0.2) is 75.4 Å². The molecule has 0 aliphatic rings. The van der Waals surface area contributed by atoms with Crippen LogP contribution >= 0.6 is 11.8 Å². The highest BCUT2D eigenvalue weighted by Gasteiger charge is 2.18. The molecule has 8 heteroatoms. The first-order chi connectivity index (χ1) is 16.1. The Morgan fingerprint density at radius 2 is 1.56 bits per heavy atom. The Kier molecular flexibility index (Phi) is 6.61. The van der Waals surface area contributed by atoms with Crippen LogP contribution in [-0.4, -0.2) is 23.9 Å². The monoisotopic (exact) mass is 475 g/mol. The van der Waals surface area contributed by atoms with Gasteiger partial charge in [-0.1, -0.05) is 87.1 Å². The molecule has 0 saturated carbocycles. The van der Waals surface area contributed by atoms with E-state index in [0.29, 0.717) is 18.0 Å². The molecule has 4 rings (SSSR count). The fraction of sp³-hybridized carbons (Fsp3) is 0.308. The third-order valence-corrected chi connectivity index (χ3v) is 6.88. The zero-order valence-corrected chi connectivity index (χ0v) is 21.0. The van der Waals surface area contributed by atoms with E-state index in [2.05, 4.69) is 71.9 Å². The third kappa shape index (κ3) is 4.92. The Bertz CT molecular complexity index is 1410. The summed E-state index contributed by atoms with van der Waals surface area (Å²) in [4.78, 5) is 24.4. The van der Waals surface area contributed by atoms with Gasteiger partial charge in [-0.25, -0.2) is 4.79 Å². The van der Waals surface area contributed by atoms with Crippen molar-refractivity contribution in [2.24, 2.45) is 14.1 Å². The van der Waals surface area contributed by atoms with Gasteiger partial charge < -0.3 is 0 Å². The number of thioether (sulfide) groups is 1. The van der Waals surface area contributed by atoms with Crippen LogP contribution in [0.1, 0.15) is 37.6 Å². The molecule has 0 radical (unpaired) electrons. The molecule has 0 saturated heterocycles. The van der Waals surface area contributed by atoms with E-state index < -0.39 is 0 Å². The maximum atomic E-state index is 12.3. The Morgan fingerprint density at radius 1 is 0.882 bits per heavy atom. The van der Waals surface area contributed by atoms with Crippen LogP contribution < -0.4 is 11.2 Å². The molecule has 0 N–H and O–H groups in total. The Morgan fingerprint density at radius 3 is 2.21 bits per heavy atom. The van der Waals surface area contributed by atoms with Crippen LogP contribution in [0, 0.1) is 0 Å². The SMILES string of the molecule is Cn1c(CSc2nnc(-c3ccc(C(C)(C)C)cc3)n2Cc2ccccc2)cc(=O)n(C)c1=O. The number of hydrogen-bond donors (Lipinski definition) is 0. The minimum atomic E-state index is -0.339. The molecule has 0 atom stereocenters. The van der Waals surface area contributed by atoms with Gasteiger partial charge in [-0.2, -0.15) is 0 Å². The van der Waals surface area contributed by atoms with Crippen LogP contribution in [0.2, 0.25) is 0 Å². The molecule has 2 aromatic heterocycles. The lowest BCUT2D eigenvalue weighted by Gasteiger charge is -2.19. The Hall–Kier alpha value is -3.39. The van der Waals surface area contributed by atoms with Gasteiger partial charge in [0.1, 0.15) is 0 Å². The normalized spacial score (nSPS) is 11.7. The lowest BCUT2D eigenvalue weighted by atomic mass is 9.87. The van der Waals surface area contributed by atoms with Crippen molar-refractivity contribution in [3.05, 3.63) is 98.3 Å². The van der Waals surface area contributed by atoms with Crippen LogP contribution in [0.25, 0.3) is 11.4 Å². The number of rotatable bonds is 6. The predicted octanol–water partition coefficient (Wildman–Crippen LogP) is 3.98. The molecule has 7 nitrogen and oxygen atoms in total. The van der Waals surface area contributed by atoms with E-state index in [1.54, 1.807) is 7.05 Å². The first-order valence-corrected chi connectivity index (χ1v) is 12.1. The summed E-state index contributed by atoms with van der Waals surface area (Å²) in [6.45, 7) is 7.19. The highest BCUT2D eigenvalue weighted by molar-refractivity contribution is 7.98. The maximum absolute atomic E-state index is 12.3. The van der Waals surface area contributed by atoms with E-state index in [1.807, 2.05) is 18.2 Å². The van der Waals surface area contributed by atoms with Crippen molar-refractivity contribution >= 4 is 11.8 Å². The van der Waals surface area contributed by atoms with E-state index in [-0.39, 0.29) is 16.7 Å². The molecule has 34 heavy (non-hydrogen) atoms. The van der Waals surface area contributed by atoms with E-state index in [4.69, 9.17) is 0 Å². The summed E-state index contributed by atoms with van der Waals surface area (Å²) in [6, 6.07) is 20.1. The van der Waals surface area contributed by atoms with Gasteiger partial charge in [-0.3, -0.25) is 18.5 Å². The van der Waals surface area contributed by atoms with Gasteiger partial charge in [0.2, 0.25) is 0 Å². The molecule has 0 amide bonds. The molecule has 0 unspecified atom stereocenters. The summed E-state index contributed by atoms with van der Waals surface area (Å²) in [5, 5.41) is 9.72. The average molecular weight is 476 g/mol. The van der Waals surface area contributed by atoms with Gasteiger partial charge in [0, 0.05) is 37.2 Å². The first-order valence-electron chi connectivity index (χ1n) is 11.1. The van der Waals surface area contributed by atoms with Gasteiger partial charge in [-0.05, 0) is 16.5 Å². The molecule has 2 aromatic carbocycles. The zero-order valence-electron chi connectivity index (χ0n) is 20.1. The average Bonchev–Trinajstić information content (AvgIpc) is 3.21. The van der Waals surface area contributed by atoms with Crippen molar-refractivity contribution in [2.75, 3.05) is 0 Å². The molecule has 176 valence electrons. The number of aromatic nitrogens is 5. The van der Waals surface area contributed by atoms with Crippen molar-refractivity contribution in [2.45, 2.75) is 43.6 Å². The van der Waals surface area contributed by atoms with E-state index in [9.17, 15) is 9.59 Å². The summed E-state index contributed by atoms with van der Waals surface area (Å²) >= 11 is 1.46. The number of benzene rings is 2. The molecule has 4 aromatic rings. The van der Waals surface area contributed by atoms with Crippen molar-refractivity contribution in [1.29, 1.82) is 0 Å². The van der Waals surface area contributed by atoms with Crippen LogP contribution in [0.3, 0.4) is 0 Å². The van der Waals surface area contributed by atoms with Gasteiger partial charge in [0.25, 0.3) is 5.56 Å². The molecule has 2 heterocycles. The highest BCUT2D eigenvalue weighted by Crippen LogP contribution is 2.29. The number of hydrogen-bond acceptors (Lipinski definition) is 5. The topological polar surface area (TPSA) is 74.7 Å². The van der Waals surface area contributed by atoms with Crippen molar-refractivity contribution in [3.63, 3.8) is 0 Å². The number of nitrogens with zero attached hydrogens (tertiary/aromatic N) is 5. The zero-order chi connectivity index (χ0) is 24.5. The second-order valence-electron chi connectivity index (χ2n) is 9.37. The van der Waals surface area contributed by atoms with Gasteiger partial charge in [0.15, 0.2) is 11.0 Å². The van der Waals surface area contributed by atoms with Crippen molar-refractivity contribution in [3.8, 4) is 11.4 Å². The lowest BCUT2D eigenvalue weighted by Crippen LogP contribution is -2.37. The minimum Gasteiger partial charge on any atom is -0.300 e. The molecular weight excluding hydrogens is 446 g/mol. The molecular formula is C26H29N5O2S. The van der Waals surface area contributed by atoms with E-state index >= 15 is 0 Å². The van der Waals surface area contributed by atoms with Gasteiger partial charge in [-0.15, -0.1) is 10.2 Å². The second kappa shape index (κ2) is 9.46. The summed E-state index contributed by atoms with van der Waals surface area (Å²) < 4.78 is 4.69. The van der Waals surface area contributed by atoms with Crippen LogP contribution in [0.4, 0.5) is 0 Å². The summed E-state index contributed by atoms with van der Waals surface area (Å²) in [5.41, 5.74) is 3.44. The third-order valence-electron chi connectivity index (χ3n) is 5.88. The molecule has 0 fully saturated rings. The highest BCUT2D eigenvalue weighted by atomic mass is 32.2. The lowest BCUT2D eigenvalue weighted by molar-refractivity contribution is 0.590. The van der Waals surface area contributed by atoms with Crippen LogP contribution in [-0.2, 0) is 31.8 Å². The predicted molar refractivity (Wildman–Crippen MR) is 136 cm³/mol. The van der Waals surface area contributed by atoms with Gasteiger partial charge in [0.05, 0.1) is 6.54 Å². The van der Waals surface area contributed by atoms with E-state index in [1.165, 1.54) is 35.0 Å². The summed E-state index contributed by atoms with van der Waals surface area (Å²) in [6.07, 6.45) is 0. The maximum Gasteiger partial charge on any atom is 0.330 e. The minimum absolute atomic E-state index is 0.0694. The van der Waals surface area contributed by atoms with Crippen molar-refractivity contribution in [1.82, 2.24) is 23.9 Å². The Balaban J connectivity index is 1.70. The Labute approximate surface area is 203 Å². The fourth-order valence-electron chi connectivity index (χ4n) is 3.69. The standard InChI is InChI=1S/C26H29N5O2S/c1-26(2,3)20-13-11-19(12-14-20)23-27-28-24(31(23)16-18-9-7-6-8-10-18)34-17-21-15-22(32)30(5)25(33)29(21)4/h6-15H,16-17H2,1-5H3.